The van der Waals surface area contributed by atoms with Gasteiger partial charge in [-0.1, -0.05) is 12.8 Å². The van der Waals surface area contributed by atoms with Crippen LogP contribution in [0.25, 0.3) is 0 Å². The quantitative estimate of drug-likeness (QED) is 0.850. The van der Waals surface area contributed by atoms with Crippen LogP contribution in [0.1, 0.15) is 45.6 Å². The molecule has 0 saturated heterocycles. The zero-order chi connectivity index (χ0) is 15.4. The normalized spacial score (nSPS) is 22.5. The summed E-state index contributed by atoms with van der Waals surface area (Å²) in [6.45, 7) is 4.89. The standard InChI is InChI=1S/C15H24BrN3O2/c1-10(2)19-15(21)14(16)13(8-18-19)17-7-11-5-3-4-6-12(11)9-20/h8,10-12,17,20H,3-7,9H2,1-2H3. The maximum Gasteiger partial charge on any atom is 0.283 e. The molecule has 2 rings (SSSR count). The number of hydrogen-bond donors (Lipinski definition) is 2. The molecule has 21 heavy (non-hydrogen) atoms. The lowest BCUT2D eigenvalue weighted by Gasteiger charge is -2.30. The summed E-state index contributed by atoms with van der Waals surface area (Å²) >= 11 is 3.37. The molecule has 0 aromatic carbocycles. The van der Waals surface area contributed by atoms with Gasteiger partial charge in [0.15, 0.2) is 0 Å². The Bertz CT molecular complexity index is 530. The average molecular weight is 358 g/mol. The second-order valence-electron chi connectivity index (χ2n) is 6.08. The minimum absolute atomic E-state index is 0.0416. The van der Waals surface area contributed by atoms with Crippen LogP contribution in [0.15, 0.2) is 15.5 Å². The maximum absolute atomic E-state index is 12.2. The highest BCUT2D eigenvalue weighted by molar-refractivity contribution is 9.10. The van der Waals surface area contributed by atoms with E-state index in [1.807, 2.05) is 13.8 Å². The van der Waals surface area contributed by atoms with Crippen molar-refractivity contribution >= 4 is 21.6 Å². The van der Waals surface area contributed by atoms with Gasteiger partial charge in [-0.15, -0.1) is 0 Å². The number of aliphatic hydroxyl groups is 1. The van der Waals surface area contributed by atoms with Crippen LogP contribution in [0, 0.1) is 11.8 Å². The summed E-state index contributed by atoms with van der Waals surface area (Å²) in [6, 6.07) is 0.0416. The van der Waals surface area contributed by atoms with Crippen molar-refractivity contribution in [1.29, 1.82) is 0 Å². The Labute approximate surface area is 133 Å². The van der Waals surface area contributed by atoms with E-state index >= 15 is 0 Å². The summed E-state index contributed by atoms with van der Waals surface area (Å²) in [5, 5.41) is 17.0. The Balaban J connectivity index is 2.06. The lowest BCUT2D eigenvalue weighted by Crippen LogP contribution is -2.30. The predicted molar refractivity (Wildman–Crippen MR) is 87.6 cm³/mol. The molecular formula is C15H24BrN3O2. The summed E-state index contributed by atoms with van der Waals surface area (Å²) < 4.78 is 1.99. The van der Waals surface area contributed by atoms with E-state index < -0.39 is 0 Å². The highest BCUT2D eigenvalue weighted by atomic mass is 79.9. The zero-order valence-corrected chi connectivity index (χ0v) is 14.3. The average Bonchev–Trinajstić information content (AvgIpc) is 2.48. The first kappa shape index (κ1) is 16.5. The SMILES string of the molecule is CC(C)n1ncc(NCC2CCCCC2CO)c(Br)c1=O. The second-order valence-corrected chi connectivity index (χ2v) is 6.88. The van der Waals surface area contributed by atoms with Gasteiger partial charge in [0.2, 0.25) is 0 Å². The van der Waals surface area contributed by atoms with Crippen LogP contribution in [-0.2, 0) is 0 Å². The number of halogens is 1. The van der Waals surface area contributed by atoms with Gasteiger partial charge >= 0.3 is 0 Å². The molecule has 1 aliphatic carbocycles. The molecule has 2 N–H and O–H groups in total. The van der Waals surface area contributed by atoms with Crippen molar-refractivity contribution < 1.29 is 5.11 Å². The van der Waals surface area contributed by atoms with Gasteiger partial charge < -0.3 is 10.4 Å². The Hall–Kier alpha value is -0.880. The molecule has 1 heterocycles. The van der Waals surface area contributed by atoms with Crippen LogP contribution in [0.5, 0.6) is 0 Å². The number of nitrogens with zero attached hydrogens (tertiary/aromatic N) is 2. The van der Waals surface area contributed by atoms with E-state index in [1.54, 1.807) is 6.20 Å². The highest BCUT2D eigenvalue weighted by Crippen LogP contribution is 2.30. The third kappa shape index (κ3) is 3.86. The Morgan fingerprint density at radius 1 is 1.43 bits per heavy atom. The minimum Gasteiger partial charge on any atom is -0.396 e. The number of aromatic nitrogens is 2. The number of rotatable bonds is 5. The van der Waals surface area contributed by atoms with E-state index in [0.29, 0.717) is 16.3 Å². The molecule has 1 aromatic heterocycles. The van der Waals surface area contributed by atoms with E-state index in [4.69, 9.17) is 0 Å². The molecular weight excluding hydrogens is 334 g/mol. The molecule has 0 amide bonds. The van der Waals surface area contributed by atoms with Crippen LogP contribution in [-0.4, -0.2) is 28.0 Å². The van der Waals surface area contributed by atoms with Gasteiger partial charge in [-0.05, 0) is 54.5 Å². The molecule has 0 aliphatic heterocycles. The van der Waals surface area contributed by atoms with Gasteiger partial charge in [-0.2, -0.15) is 5.10 Å². The molecule has 0 spiro atoms. The van der Waals surface area contributed by atoms with Crippen molar-refractivity contribution in [3.8, 4) is 0 Å². The Kier molecular flexibility index (Phi) is 5.81. The van der Waals surface area contributed by atoms with E-state index in [2.05, 4.69) is 26.3 Å². The lowest BCUT2D eigenvalue weighted by molar-refractivity contribution is 0.141. The van der Waals surface area contributed by atoms with E-state index in [1.165, 1.54) is 17.5 Å². The van der Waals surface area contributed by atoms with Gasteiger partial charge in [0, 0.05) is 13.2 Å². The van der Waals surface area contributed by atoms with Gasteiger partial charge in [-0.25, -0.2) is 4.68 Å². The van der Waals surface area contributed by atoms with Crippen molar-refractivity contribution in [2.24, 2.45) is 11.8 Å². The first-order valence-electron chi connectivity index (χ1n) is 7.66. The molecule has 1 fully saturated rings. The van der Waals surface area contributed by atoms with Crippen molar-refractivity contribution in [3.05, 3.63) is 21.0 Å². The summed E-state index contributed by atoms with van der Waals surface area (Å²) in [5.74, 6) is 0.831. The maximum atomic E-state index is 12.2. The molecule has 2 unspecified atom stereocenters. The summed E-state index contributed by atoms with van der Waals surface area (Å²) in [7, 11) is 0. The predicted octanol–water partition coefficient (Wildman–Crippen LogP) is 2.80. The largest absolute Gasteiger partial charge is 0.396 e. The van der Waals surface area contributed by atoms with Crippen LogP contribution >= 0.6 is 15.9 Å². The topological polar surface area (TPSA) is 67.2 Å². The first-order chi connectivity index (χ1) is 10.0. The first-order valence-corrected chi connectivity index (χ1v) is 8.46. The number of hydrogen-bond acceptors (Lipinski definition) is 4. The third-order valence-corrected chi connectivity index (χ3v) is 5.05. The molecule has 2 atom stereocenters. The monoisotopic (exact) mass is 357 g/mol. The Morgan fingerprint density at radius 2 is 2.10 bits per heavy atom. The third-order valence-electron chi connectivity index (χ3n) is 4.29. The van der Waals surface area contributed by atoms with Gasteiger partial charge in [-0.3, -0.25) is 4.79 Å². The van der Waals surface area contributed by atoms with Crippen LogP contribution in [0.4, 0.5) is 5.69 Å². The second kappa shape index (κ2) is 7.40. The smallest absolute Gasteiger partial charge is 0.283 e. The molecule has 1 aromatic rings. The highest BCUT2D eigenvalue weighted by Gasteiger charge is 2.24. The number of anilines is 1. The minimum atomic E-state index is -0.114. The summed E-state index contributed by atoms with van der Waals surface area (Å²) in [5.41, 5.74) is 0.622. The molecule has 1 aliphatic rings. The van der Waals surface area contributed by atoms with Crippen molar-refractivity contribution in [1.82, 2.24) is 9.78 Å². The fourth-order valence-corrected chi connectivity index (χ4v) is 3.39. The summed E-state index contributed by atoms with van der Waals surface area (Å²) in [6.07, 6.45) is 6.35. The fraction of sp³-hybridized carbons (Fsp3) is 0.733. The molecule has 0 radical (unpaired) electrons. The number of nitrogens with one attached hydrogen (secondary N) is 1. The van der Waals surface area contributed by atoms with Crippen molar-refractivity contribution in [2.75, 3.05) is 18.5 Å². The van der Waals surface area contributed by atoms with Gasteiger partial charge in [0.25, 0.3) is 5.56 Å². The molecule has 5 nitrogen and oxygen atoms in total. The molecule has 1 saturated carbocycles. The van der Waals surface area contributed by atoms with Crippen LogP contribution < -0.4 is 10.9 Å². The van der Waals surface area contributed by atoms with Crippen molar-refractivity contribution in [3.63, 3.8) is 0 Å². The van der Waals surface area contributed by atoms with Crippen LogP contribution in [0.2, 0.25) is 0 Å². The molecule has 6 heteroatoms. The fourth-order valence-electron chi connectivity index (χ4n) is 2.97. The summed E-state index contributed by atoms with van der Waals surface area (Å²) in [4.78, 5) is 12.2. The van der Waals surface area contributed by atoms with Gasteiger partial charge in [0.05, 0.1) is 17.9 Å². The molecule has 0 bridgehead atoms. The lowest BCUT2D eigenvalue weighted by atomic mass is 9.79. The van der Waals surface area contributed by atoms with Crippen LogP contribution in [0.3, 0.4) is 0 Å². The van der Waals surface area contributed by atoms with E-state index in [-0.39, 0.29) is 18.2 Å². The number of aliphatic hydroxyl groups excluding tert-OH is 1. The van der Waals surface area contributed by atoms with E-state index in [9.17, 15) is 9.90 Å². The molecule has 118 valence electrons. The Morgan fingerprint density at radius 3 is 2.71 bits per heavy atom. The zero-order valence-electron chi connectivity index (χ0n) is 12.7. The van der Waals surface area contributed by atoms with Crippen molar-refractivity contribution in [2.45, 2.75) is 45.6 Å². The van der Waals surface area contributed by atoms with Gasteiger partial charge in [0.1, 0.15) is 4.47 Å². The van der Waals surface area contributed by atoms with E-state index in [0.717, 1.165) is 25.1 Å².